The highest BCUT2D eigenvalue weighted by Crippen LogP contribution is 2.28. The maximum Gasteiger partial charge on any atom is 0.270 e. The molecular weight excluding hydrogens is 364 g/mol. The van der Waals surface area contributed by atoms with E-state index >= 15 is 0 Å². The molecule has 0 aromatic heterocycles. The van der Waals surface area contributed by atoms with Crippen LogP contribution in [0, 0.1) is 10.1 Å². The van der Waals surface area contributed by atoms with Gasteiger partial charge in [0.25, 0.3) is 17.5 Å². The monoisotopic (exact) mass is 374 g/mol. The first-order chi connectivity index (χ1) is 12.3. The summed E-state index contributed by atoms with van der Waals surface area (Å²) >= 11 is 5.98. The number of carbonyl (C=O) groups excluding carboxylic acids is 3. The Morgan fingerprint density at radius 2 is 1.85 bits per heavy atom. The third kappa shape index (κ3) is 2.91. The third-order valence-electron chi connectivity index (χ3n) is 3.94. The van der Waals surface area contributed by atoms with Crippen molar-refractivity contribution in [3.8, 4) is 5.75 Å². The smallest absolute Gasteiger partial charge is 0.270 e. The SMILES string of the molecule is COc1ccc(C(=O)CN2C(=O)c3ccc([N+](=O)[O-])cc3C2=O)cc1Cl. The van der Waals surface area contributed by atoms with Gasteiger partial charge in [-0.05, 0) is 24.3 Å². The van der Waals surface area contributed by atoms with Crippen LogP contribution in [0.2, 0.25) is 5.02 Å². The molecule has 0 unspecified atom stereocenters. The summed E-state index contributed by atoms with van der Waals surface area (Å²) in [6.07, 6.45) is 0. The number of hydrogen-bond donors (Lipinski definition) is 0. The fourth-order valence-corrected chi connectivity index (χ4v) is 2.87. The number of benzene rings is 2. The fourth-order valence-electron chi connectivity index (χ4n) is 2.61. The molecule has 2 aromatic rings. The Morgan fingerprint density at radius 3 is 2.46 bits per heavy atom. The van der Waals surface area contributed by atoms with Gasteiger partial charge in [0.15, 0.2) is 5.78 Å². The van der Waals surface area contributed by atoms with Crippen molar-refractivity contribution in [2.24, 2.45) is 0 Å². The average Bonchev–Trinajstić information content (AvgIpc) is 2.86. The summed E-state index contributed by atoms with van der Waals surface area (Å²) in [4.78, 5) is 48.1. The summed E-state index contributed by atoms with van der Waals surface area (Å²) in [6.45, 7) is -0.497. The number of nitro groups is 1. The number of hydrogen-bond acceptors (Lipinski definition) is 6. The lowest BCUT2D eigenvalue weighted by Crippen LogP contribution is -2.34. The van der Waals surface area contributed by atoms with Gasteiger partial charge in [0.2, 0.25) is 0 Å². The van der Waals surface area contributed by atoms with Crippen molar-refractivity contribution in [2.45, 2.75) is 0 Å². The van der Waals surface area contributed by atoms with Gasteiger partial charge in [0.05, 0.1) is 34.7 Å². The minimum Gasteiger partial charge on any atom is -0.495 e. The quantitative estimate of drug-likeness (QED) is 0.344. The third-order valence-corrected chi connectivity index (χ3v) is 4.24. The zero-order valence-electron chi connectivity index (χ0n) is 13.4. The molecule has 2 amide bonds. The molecule has 3 rings (SSSR count). The van der Waals surface area contributed by atoms with E-state index in [0.717, 1.165) is 17.0 Å². The highest BCUT2D eigenvalue weighted by atomic mass is 35.5. The van der Waals surface area contributed by atoms with Crippen LogP contribution in [0.25, 0.3) is 0 Å². The van der Waals surface area contributed by atoms with E-state index in [0.29, 0.717) is 5.75 Å². The Balaban J connectivity index is 1.85. The molecule has 26 heavy (non-hydrogen) atoms. The first-order valence-corrected chi connectivity index (χ1v) is 7.72. The zero-order valence-corrected chi connectivity index (χ0v) is 14.1. The molecule has 0 bridgehead atoms. The number of ether oxygens (including phenoxy) is 1. The number of halogens is 1. The second-order valence-electron chi connectivity index (χ2n) is 5.46. The molecule has 1 aliphatic heterocycles. The first kappa shape index (κ1) is 17.6. The normalized spacial score (nSPS) is 12.9. The molecule has 0 spiro atoms. The maximum absolute atomic E-state index is 12.4. The van der Waals surface area contributed by atoms with Crippen LogP contribution in [0.3, 0.4) is 0 Å². The van der Waals surface area contributed by atoms with Gasteiger partial charge in [-0.1, -0.05) is 11.6 Å². The largest absolute Gasteiger partial charge is 0.495 e. The van der Waals surface area contributed by atoms with E-state index in [-0.39, 0.29) is 27.4 Å². The molecule has 0 aliphatic carbocycles. The minimum absolute atomic E-state index is 0.0289. The fraction of sp³-hybridized carbons (Fsp3) is 0.118. The lowest BCUT2D eigenvalue weighted by atomic mass is 10.1. The number of rotatable bonds is 5. The molecule has 0 atom stereocenters. The predicted octanol–water partition coefficient (Wildman–Crippen LogP) is 2.74. The number of ketones is 1. The van der Waals surface area contributed by atoms with Crippen LogP contribution < -0.4 is 4.74 Å². The number of non-ortho nitro benzene ring substituents is 1. The number of imide groups is 1. The number of amides is 2. The van der Waals surface area contributed by atoms with E-state index in [1.807, 2.05) is 0 Å². The van der Waals surface area contributed by atoms with Crippen LogP contribution in [0.15, 0.2) is 36.4 Å². The van der Waals surface area contributed by atoms with Crippen molar-refractivity contribution in [1.82, 2.24) is 4.90 Å². The van der Waals surface area contributed by atoms with Gasteiger partial charge in [-0.15, -0.1) is 0 Å². The van der Waals surface area contributed by atoms with E-state index in [1.54, 1.807) is 0 Å². The standard InChI is InChI=1S/C17H11ClN2O6/c1-26-15-5-2-9(6-13(15)18)14(21)8-19-16(22)11-4-3-10(20(24)25)7-12(11)17(19)23/h2-7H,8H2,1H3. The van der Waals surface area contributed by atoms with Crippen molar-refractivity contribution < 1.29 is 24.0 Å². The Kier molecular flexibility index (Phi) is 4.43. The number of methoxy groups -OCH3 is 1. The Hall–Kier alpha value is -3.26. The van der Waals surface area contributed by atoms with Gasteiger partial charge >= 0.3 is 0 Å². The van der Waals surface area contributed by atoms with Crippen LogP contribution >= 0.6 is 11.6 Å². The van der Waals surface area contributed by atoms with Crippen LogP contribution in [-0.2, 0) is 0 Å². The molecule has 1 aliphatic rings. The van der Waals surface area contributed by atoms with E-state index in [4.69, 9.17) is 16.3 Å². The molecule has 132 valence electrons. The summed E-state index contributed by atoms with van der Waals surface area (Å²) in [5, 5.41) is 11.1. The molecule has 0 N–H and O–H groups in total. The number of carbonyl (C=O) groups is 3. The van der Waals surface area contributed by atoms with Crippen LogP contribution in [0.4, 0.5) is 5.69 Å². The van der Waals surface area contributed by atoms with E-state index in [1.165, 1.54) is 31.4 Å². The second kappa shape index (κ2) is 6.57. The van der Waals surface area contributed by atoms with Crippen molar-refractivity contribution in [3.05, 3.63) is 68.2 Å². The van der Waals surface area contributed by atoms with Crippen LogP contribution in [-0.4, -0.2) is 41.1 Å². The van der Waals surface area contributed by atoms with Gasteiger partial charge in [0, 0.05) is 17.7 Å². The molecule has 9 heteroatoms. The van der Waals surface area contributed by atoms with Crippen molar-refractivity contribution in [1.29, 1.82) is 0 Å². The van der Waals surface area contributed by atoms with Gasteiger partial charge < -0.3 is 4.74 Å². The molecular formula is C17H11ClN2O6. The summed E-state index contributed by atoms with van der Waals surface area (Å²) < 4.78 is 5.00. The van der Waals surface area contributed by atoms with Gasteiger partial charge in [-0.3, -0.25) is 29.4 Å². The van der Waals surface area contributed by atoms with Crippen molar-refractivity contribution >= 4 is 34.9 Å². The van der Waals surface area contributed by atoms with Gasteiger partial charge in [0.1, 0.15) is 5.75 Å². The van der Waals surface area contributed by atoms with Crippen molar-refractivity contribution in [3.63, 3.8) is 0 Å². The summed E-state index contributed by atoms with van der Waals surface area (Å²) in [7, 11) is 1.43. The number of nitro benzene ring substituents is 1. The number of nitrogens with zero attached hydrogens (tertiary/aromatic N) is 2. The molecule has 8 nitrogen and oxygen atoms in total. The summed E-state index contributed by atoms with van der Waals surface area (Å²) in [5.41, 5.74) is -0.163. The van der Waals surface area contributed by atoms with Gasteiger partial charge in [-0.2, -0.15) is 0 Å². The highest BCUT2D eigenvalue weighted by Gasteiger charge is 2.37. The summed E-state index contributed by atoms with van der Waals surface area (Å²) in [6, 6.07) is 7.73. The maximum atomic E-state index is 12.4. The molecule has 0 radical (unpaired) electrons. The molecule has 0 saturated heterocycles. The first-order valence-electron chi connectivity index (χ1n) is 7.35. The number of Topliss-reactive ketones (excluding diaryl/α,β-unsaturated/α-hetero) is 1. The topological polar surface area (TPSA) is 107 Å². The number of fused-ring (bicyclic) bond motifs is 1. The van der Waals surface area contributed by atoms with Crippen molar-refractivity contribution in [2.75, 3.05) is 13.7 Å². The zero-order chi connectivity index (χ0) is 19.0. The average molecular weight is 375 g/mol. The molecule has 0 saturated carbocycles. The summed E-state index contributed by atoms with van der Waals surface area (Å²) in [5.74, 6) is -1.54. The molecule has 1 heterocycles. The Labute approximate surface area is 152 Å². The molecule has 0 fully saturated rings. The van der Waals surface area contributed by atoms with E-state index < -0.39 is 29.1 Å². The van der Waals surface area contributed by atoms with E-state index in [9.17, 15) is 24.5 Å². The lowest BCUT2D eigenvalue weighted by molar-refractivity contribution is -0.384. The van der Waals surface area contributed by atoms with Crippen LogP contribution in [0.5, 0.6) is 5.75 Å². The Morgan fingerprint density at radius 1 is 1.15 bits per heavy atom. The highest BCUT2D eigenvalue weighted by molar-refractivity contribution is 6.32. The Bertz CT molecular complexity index is 972. The molecule has 2 aromatic carbocycles. The van der Waals surface area contributed by atoms with Crippen LogP contribution in [0.1, 0.15) is 31.1 Å². The van der Waals surface area contributed by atoms with Gasteiger partial charge in [-0.25, -0.2) is 0 Å². The second-order valence-corrected chi connectivity index (χ2v) is 5.86. The minimum atomic E-state index is -0.748. The predicted molar refractivity (Wildman–Crippen MR) is 90.8 cm³/mol. The van der Waals surface area contributed by atoms with E-state index in [2.05, 4.69) is 0 Å². The lowest BCUT2D eigenvalue weighted by Gasteiger charge is -2.13.